The van der Waals surface area contributed by atoms with E-state index in [1.165, 1.54) is 36.7 Å². The zero-order chi connectivity index (χ0) is 14.4. The van der Waals surface area contributed by atoms with Gasteiger partial charge >= 0.3 is 0 Å². The van der Waals surface area contributed by atoms with E-state index in [1.807, 2.05) is 0 Å². The van der Waals surface area contributed by atoms with Gasteiger partial charge in [0.05, 0.1) is 16.9 Å². The molecule has 0 spiro atoms. The Labute approximate surface area is 121 Å². The summed E-state index contributed by atoms with van der Waals surface area (Å²) in [4.78, 5) is 5.10. The van der Waals surface area contributed by atoms with Gasteiger partial charge in [-0.2, -0.15) is 0 Å². The standard InChI is InChI=1S/C13H12ClNO4S/c14-11-3-5-13(6-4-11)20(16,17)9-8-19-15-10-12-2-1-7-18-12/h1-7,10H,8-9H2. The largest absolute Gasteiger partial charge is 0.463 e. The first-order valence-electron chi connectivity index (χ1n) is 5.75. The third kappa shape index (κ3) is 4.11. The van der Waals surface area contributed by atoms with Crippen LogP contribution in [0.25, 0.3) is 0 Å². The molecule has 5 nitrogen and oxygen atoms in total. The molecule has 1 aromatic carbocycles. The molecule has 0 fully saturated rings. The van der Waals surface area contributed by atoms with Crippen molar-refractivity contribution in [2.75, 3.05) is 12.4 Å². The molecule has 0 N–H and O–H groups in total. The smallest absolute Gasteiger partial charge is 0.181 e. The van der Waals surface area contributed by atoms with Crippen LogP contribution in [0.2, 0.25) is 5.02 Å². The predicted octanol–water partition coefficient (Wildman–Crippen LogP) is 2.76. The fraction of sp³-hybridized carbons (Fsp3) is 0.154. The lowest BCUT2D eigenvalue weighted by atomic mass is 10.4. The molecule has 2 aromatic rings. The first kappa shape index (κ1) is 14.6. The van der Waals surface area contributed by atoms with Gasteiger partial charge in [0.25, 0.3) is 0 Å². The molecule has 0 amide bonds. The quantitative estimate of drug-likeness (QED) is 0.467. The maximum Gasteiger partial charge on any atom is 0.181 e. The number of benzene rings is 1. The van der Waals surface area contributed by atoms with Gasteiger partial charge < -0.3 is 9.25 Å². The van der Waals surface area contributed by atoms with Gasteiger partial charge in [0.1, 0.15) is 18.6 Å². The van der Waals surface area contributed by atoms with Crippen LogP contribution >= 0.6 is 11.6 Å². The van der Waals surface area contributed by atoms with Crippen LogP contribution in [-0.4, -0.2) is 27.0 Å². The lowest BCUT2D eigenvalue weighted by Crippen LogP contribution is -2.11. The molecule has 1 aromatic heterocycles. The van der Waals surface area contributed by atoms with Gasteiger partial charge in [-0.15, -0.1) is 0 Å². The summed E-state index contributed by atoms with van der Waals surface area (Å²) < 4.78 is 28.9. The van der Waals surface area contributed by atoms with E-state index in [0.717, 1.165) is 0 Å². The van der Waals surface area contributed by atoms with Crippen molar-refractivity contribution in [2.24, 2.45) is 5.16 Å². The number of sulfone groups is 1. The van der Waals surface area contributed by atoms with Crippen molar-refractivity contribution in [1.29, 1.82) is 0 Å². The molecule has 2 rings (SSSR count). The van der Waals surface area contributed by atoms with E-state index < -0.39 is 9.84 Å². The minimum atomic E-state index is -3.39. The van der Waals surface area contributed by atoms with Crippen LogP contribution in [0.3, 0.4) is 0 Å². The second-order valence-electron chi connectivity index (χ2n) is 3.86. The maximum absolute atomic E-state index is 11.9. The van der Waals surface area contributed by atoms with Crippen molar-refractivity contribution < 1.29 is 17.7 Å². The Morgan fingerprint density at radius 2 is 2.00 bits per heavy atom. The predicted molar refractivity (Wildman–Crippen MR) is 75.8 cm³/mol. The van der Waals surface area contributed by atoms with E-state index in [2.05, 4.69) is 5.16 Å². The summed E-state index contributed by atoms with van der Waals surface area (Å²) in [5.41, 5.74) is 0. The number of halogens is 1. The summed E-state index contributed by atoms with van der Waals surface area (Å²) in [6.45, 7) is -0.0395. The first-order chi connectivity index (χ1) is 9.58. The number of hydrogen-bond acceptors (Lipinski definition) is 5. The van der Waals surface area contributed by atoms with Gasteiger partial charge in [-0.1, -0.05) is 16.8 Å². The summed E-state index contributed by atoms with van der Waals surface area (Å²) in [6, 6.07) is 9.41. The van der Waals surface area contributed by atoms with Crippen LogP contribution in [0.5, 0.6) is 0 Å². The molecule has 0 aliphatic heterocycles. The van der Waals surface area contributed by atoms with E-state index in [-0.39, 0.29) is 17.3 Å². The van der Waals surface area contributed by atoms with Gasteiger partial charge in [-0.3, -0.25) is 0 Å². The van der Waals surface area contributed by atoms with Gasteiger partial charge in [0.15, 0.2) is 9.84 Å². The molecule has 106 valence electrons. The van der Waals surface area contributed by atoms with E-state index >= 15 is 0 Å². The van der Waals surface area contributed by atoms with Crippen molar-refractivity contribution in [2.45, 2.75) is 4.90 Å². The van der Waals surface area contributed by atoms with Gasteiger partial charge in [-0.05, 0) is 36.4 Å². The second kappa shape index (κ2) is 6.58. The fourth-order valence-corrected chi connectivity index (χ4v) is 2.62. The highest BCUT2D eigenvalue weighted by Crippen LogP contribution is 2.15. The van der Waals surface area contributed by atoms with E-state index in [1.54, 1.807) is 12.1 Å². The summed E-state index contributed by atoms with van der Waals surface area (Å²) in [5, 5.41) is 4.11. The second-order valence-corrected chi connectivity index (χ2v) is 6.40. The van der Waals surface area contributed by atoms with Crippen molar-refractivity contribution in [3.05, 3.63) is 53.4 Å². The van der Waals surface area contributed by atoms with Crippen LogP contribution in [0.4, 0.5) is 0 Å². The van der Waals surface area contributed by atoms with Crippen molar-refractivity contribution in [3.63, 3.8) is 0 Å². The minimum Gasteiger partial charge on any atom is -0.463 e. The maximum atomic E-state index is 11.9. The number of rotatable bonds is 6. The van der Waals surface area contributed by atoms with E-state index in [9.17, 15) is 8.42 Å². The lowest BCUT2D eigenvalue weighted by molar-refractivity contribution is 0.161. The molecule has 0 atom stereocenters. The highest BCUT2D eigenvalue weighted by atomic mass is 35.5. The van der Waals surface area contributed by atoms with E-state index in [4.69, 9.17) is 20.9 Å². The summed E-state index contributed by atoms with van der Waals surface area (Å²) in [6.07, 6.45) is 2.88. The Kier molecular flexibility index (Phi) is 4.81. The molecule has 7 heteroatoms. The van der Waals surface area contributed by atoms with Crippen molar-refractivity contribution in [1.82, 2.24) is 0 Å². The summed E-state index contributed by atoms with van der Waals surface area (Å²) in [5.74, 6) is 0.370. The highest BCUT2D eigenvalue weighted by molar-refractivity contribution is 7.91. The average molecular weight is 314 g/mol. The topological polar surface area (TPSA) is 68.9 Å². The summed E-state index contributed by atoms with van der Waals surface area (Å²) in [7, 11) is -3.39. The lowest BCUT2D eigenvalue weighted by Gasteiger charge is -2.03. The molecule has 0 bridgehead atoms. The minimum absolute atomic E-state index is 0.0395. The van der Waals surface area contributed by atoms with Crippen LogP contribution in [0.1, 0.15) is 5.76 Å². The highest BCUT2D eigenvalue weighted by Gasteiger charge is 2.14. The monoisotopic (exact) mass is 313 g/mol. The van der Waals surface area contributed by atoms with Crippen LogP contribution in [0.15, 0.2) is 57.1 Å². The molecule has 0 saturated heterocycles. The third-order valence-corrected chi connectivity index (χ3v) is 4.36. The van der Waals surface area contributed by atoms with Gasteiger partial charge in [-0.25, -0.2) is 8.42 Å². The molecular weight excluding hydrogens is 302 g/mol. The molecule has 20 heavy (non-hydrogen) atoms. The molecule has 0 unspecified atom stereocenters. The molecule has 0 radical (unpaired) electrons. The average Bonchev–Trinajstić information content (AvgIpc) is 2.92. The zero-order valence-electron chi connectivity index (χ0n) is 10.4. The normalized spacial score (nSPS) is 11.8. The molecular formula is C13H12ClNO4S. The Balaban J connectivity index is 1.85. The van der Waals surface area contributed by atoms with Crippen LogP contribution < -0.4 is 0 Å². The van der Waals surface area contributed by atoms with Crippen LogP contribution in [0, 0.1) is 0 Å². The Morgan fingerprint density at radius 1 is 1.25 bits per heavy atom. The van der Waals surface area contributed by atoms with E-state index in [0.29, 0.717) is 10.8 Å². The number of hydrogen-bond donors (Lipinski definition) is 0. The Morgan fingerprint density at radius 3 is 2.65 bits per heavy atom. The summed E-state index contributed by atoms with van der Waals surface area (Å²) >= 11 is 5.71. The van der Waals surface area contributed by atoms with Gasteiger partial charge in [0.2, 0.25) is 0 Å². The van der Waals surface area contributed by atoms with Gasteiger partial charge in [0, 0.05) is 5.02 Å². The molecule has 0 saturated carbocycles. The Bertz CT molecular complexity index is 663. The van der Waals surface area contributed by atoms with Crippen molar-refractivity contribution in [3.8, 4) is 0 Å². The number of nitrogens with zero attached hydrogens (tertiary/aromatic N) is 1. The number of oxime groups is 1. The fourth-order valence-electron chi connectivity index (χ4n) is 1.41. The van der Waals surface area contributed by atoms with Crippen LogP contribution in [-0.2, 0) is 14.7 Å². The first-order valence-corrected chi connectivity index (χ1v) is 7.78. The molecule has 1 heterocycles. The molecule has 0 aliphatic carbocycles. The number of furan rings is 1. The Hall–Kier alpha value is -1.79. The zero-order valence-corrected chi connectivity index (χ0v) is 12.0. The molecule has 0 aliphatic rings. The van der Waals surface area contributed by atoms with Crippen molar-refractivity contribution >= 4 is 27.7 Å². The SMILES string of the molecule is O=S(=O)(CCON=Cc1ccco1)c1ccc(Cl)cc1. The third-order valence-electron chi connectivity index (χ3n) is 2.41.